The van der Waals surface area contributed by atoms with E-state index in [9.17, 15) is 0 Å². The molecule has 0 aromatic carbocycles. The number of aliphatic hydroxyl groups excluding tert-OH is 1. The maximum absolute atomic E-state index is 8.99. The lowest BCUT2D eigenvalue weighted by Gasteiger charge is -2.31. The van der Waals surface area contributed by atoms with E-state index in [4.69, 9.17) is 5.11 Å². The molecule has 0 fully saturated rings. The fourth-order valence-corrected chi connectivity index (χ4v) is 2.01. The summed E-state index contributed by atoms with van der Waals surface area (Å²) in [4.78, 5) is 8.84. The van der Waals surface area contributed by atoms with Crippen LogP contribution in [0.25, 0.3) is 0 Å². The van der Waals surface area contributed by atoms with Gasteiger partial charge in [-0.25, -0.2) is 4.98 Å². The molecule has 0 aliphatic rings. The number of hydrogen-bond donors (Lipinski definition) is 1. The highest BCUT2D eigenvalue weighted by atomic mass is 16.3. The Morgan fingerprint density at radius 2 is 2.06 bits per heavy atom. The Hall–Kier alpha value is -1.13. The van der Waals surface area contributed by atoms with Crippen LogP contribution in [0.4, 0.5) is 5.82 Å². The van der Waals surface area contributed by atoms with Crippen molar-refractivity contribution in [3.63, 3.8) is 0 Å². The van der Waals surface area contributed by atoms with Crippen LogP contribution in [-0.2, 0) is 6.61 Å². The highest BCUT2D eigenvalue weighted by molar-refractivity contribution is 5.40. The minimum atomic E-state index is 0.0483. The summed E-state index contributed by atoms with van der Waals surface area (Å²) in [7, 11) is 4.15. The molecule has 0 radical (unpaired) electrons. The van der Waals surface area contributed by atoms with Crippen LogP contribution in [0.1, 0.15) is 19.4 Å². The average molecular weight is 237 g/mol. The zero-order chi connectivity index (χ0) is 12.8. The summed E-state index contributed by atoms with van der Waals surface area (Å²) in [6, 6.07) is 4.32. The summed E-state index contributed by atoms with van der Waals surface area (Å²) < 4.78 is 0. The summed E-state index contributed by atoms with van der Waals surface area (Å²) in [5.74, 6) is 0.971. The Morgan fingerprint density at radius 1 is 1.35 bits per heavy atom. The van der Waals surface area contributed by atoms with Crippen molar-refractivity contribution in [2.75, 3.05) is 32.1 Å². The fourth-order valence-electron chi connectivity index (χ4n) is 2.01. The first-order valence-corrected chi connectivity index (χ1v) is 6.05. The number of rotatable bonds is 6. The lowest BCUT2D eigenvalue weighted by atomic mass is 10.2. The van der Waals surface area contributed by atoms with Crippen molar-refractivity contribution in [2.45, 2.75) is 26.5 Å². The van der Waals surface area contributed by atoms with Gasteiger partial charge in [0.1, 0.15) is 5.82 Å². The van der Waals surface area contributed by atoms with Gasteiger partial charge in [0.15, 0.2) is 0 Å². The molecular weight excluding hydrogens is 214 g/mol. The van der Waals surface area contributed by atoms with Crippen molar-refractivity contribution in [1.82, 2.24) is 9.88 Å². The average Bonchev–Trinajstić information content (AvgIpc) is 2.30. The number of pyridine rings is 1. The quantitative estimate of drug-likeness (QED) is 0.810. The third-order valence-corrected chi connectivity index (χ3v) is 2.79. The third-order valence-electron chi connectivity index (χ3n) is 2.79. The van der Waals surface area contributed by atoms with Crippen LogP contribution in [0.5, 0.6) is 0 Å². The van der Waals surface area contributed by atoms with Gasteiger partial charge in [0.25, 0.3) is 0 Å². The van der Waals surface area contributed by atoms with Crippen molar-refractivity contribution in [1.29, 1.82) is 0 Å². The van der Waals surface area contributed by atoms with Crippen LogP contribution < -0.4 is 4.90 Å². The molecule has 4 nitrogen and oxygen atoms in total. The molecule has 1 N–H and O–H groups in total. The Balaban J connectivity index is 2.77. The first-order chi connectivity index (χ1) is 8.08. The standard InChI is InChI=1S/C13H23N3O/c1-5-16(11(2)9-15(3)4)13-7-6-12(10-17)8-14-13/h6-8,11,17H,5,9-10H2,1-4H3. The second-order valence-electron chi connectivity index (χ2n) is 4.58. The molecule has 1 atom stereocenters. The van der Waals surface area contributed by atoms with E-state index in [-0.39, 0.29) is 6.61 Å². The Bertz CT molecular complexity index is 324. The van der Waals surface area contributed by atoms with Gasteiger partial charge in [-0.05, 0) is 39.6 Å². The summed E-state index contributed by atoms with van der Waals surface area (Å²) in [6.45, 7) is 6.31. The number of hydrogen-bond acceptors (Lipinski definition) is 4. The van der Waals surface area contributed by atoms with Crippen LogP contribution in [0, 0.1) is 0 Å². The first-order valence-electron chi connectivity index (χ1n) is 6.05. The fraction of sp³-hybridized carbons (Fsp3) is 0.615. The first kappa shape index (κ1) is 13.9. The number of aromatic nitrogens is 1. The molecular formula is C13H23N3O. The van der Waals surface area contributed by atoms with E-state index < -0.39 is 0 Å². The Kier molecular flexibility index (Phi) is 5.38. The summed E-state index contributed by atoms with van der Waals surface area (Å²) in [5.41, 5.74) is 0.852. The molecule has 4 heteroatoms. The molecule has 0 spiro atoms. The lowest BCUT2D eigenvalue weighted by molar-refractivity contribution is 0.281. The van der Waals surface area contributed by atoms with Crippen molar-refractivity contribution in [2.24, 2.45) is 0 Å². The van der Waals surface area contributed by atoms with Crippen LogP contribution in [0.2, 0.25) is 0 Å². The highest BCUT2D eigenvalue weighted by Gasteiger charge is 2.14. The van der Waals surface area contributed by atoms with Gasteiger partial charge in [0, 0.05) is 25.3 Å². The van der Waals surface area contributed by atoms with Crippen LogP contribution in [0.15, 0.2) is 18.3 Å². The molecule has 0 saturated carbocycles. The predicted octanol–water partition coefficient (Wildman–Crippen LogP) is 1.35. The number of aliphatic hydroxyl groups is 1. The zero-order valence-corrected chi connectivity index (χ0v) is 11.2. The summed E-state index contributed by atoms with van der Waals surface area (Å²) in [6.07, 6.45) is 1.74. The lowest BCUT2D eigenvalue weighted by Crippen LogP contribution is -2.40. The maximum Gasteiger partial charge on any atom is 0.128 e. The molecule has 1 heterocycles. The Morgan fingerprint density at radius 3 is 2.47 bits per heavy atom. The molecule has 0 saturated heterocycles. The molecule has 17 heavy (non-hydrogen) atoms. The number of anilines is 1. The van der Waals surface area contributed by atoms with Crippen LogP contribution in [0.3, 0.4) is 0 Å². The van der Waals surface area contributed by atoms with Gasteiger partial charge in [0.05, 0.1) is 6.61 Å². The van der Waals surface area contributed by atoms with Crippen molar-refractivity contribution < 1.29 is 5.11 Å². The molecule has 1 aromatic heterocycles. The number of likely N-dealkylation sites (N-methyl/N-ethyl adjacent to an activating group) is 2. The van der Waals surface area contributed by atoms with Gasteiger partial charge < -0.3 is 14.9 Å². The van der Waals surface area contributed by atoms with Gasteiger partial charge in [-0.15, -0.1) is 0 Å². The van der Waals surface area contributed by atoms with Gasteiger partial charge >= 0.3 is 0 Å². The van der Waals surface area contributed by atoms with Gasteiger partial charge in [-0.3, -0.25) is 0 Å². The maximum atomic E-state index is 8.99. The van der Waals surface area contributed by atoms with Crippen molar-refractivity contribution >= 4 is 5.82 Å². The predicted molar refractivity (Wildman–Crippen MR) is 71.2 cm³/mol. The van der Waals surface area contributed by atoms with Gasteiger partial charge in [-0.2, -0.15) is 0 Å². The van der Waals surface area contributed by atoms with Crippen molar-refractivity contribution in [3.8, 4) is 0 Å². The minimum absolute atomic E-state index is 0.0483. The summed E-state index contributed by atoms with van der Waals surface area (Å²) in [5, 5.41) is 8.99. The molecule has 0 aliphatic carbocycles. The zero-order valence-electron chi connectivity index (χ0n) is 11.2. The molecule has 96 valence electrons. The van der Waals surface area contributed by atoms with Crippen LogP contribution >= 0.6 is 0 Å². The second kappa shape index (κ2) is 6.57. The topological polar surface area (TPSA) is 39.6 Å². The van der Waals surface area contributed by atoms with E-state index in [2.05, 4.69) is 42.7 Å². The van der Waals surface area contributed by atoms with Crippen LogP contribution in [-0.4, -0.2) is 48.2 Å². The van der Waals surface area contributed by atoms with E-state index in [1.807, 2.05) is 12.1 Å². The van der Waals surface area contributed by atoms with E-state index >= 15 is 0 Å². The SMILES string of the molecule is CCN(c1ccc(CO)cn1)C(C)CN(C)C. The largest absolute Gasteiger partial charge is 0.392 e. The molecule has 0 bridgehead atoms. The van der Waals surface area contributed by atoms with Crippen molar-refractivity contribution in [3.05, 3.63) is 23.9 Å². The van der Waals surface area contributed by atoms with E-state index in [1.54, 1.807) is 6.20 Å². The smallest absolute Gasteiger partial charge is 0.128 e. The molecule has 0 aliphatic heterocycles. The summed E-state index contributed by atoms with van der Waals surface area (Å²) >= 11 is 0. The molecule has 0 amide bonds. The van der Waals surface area contributed by atoms with E-state index in [0.717, 1.165) is 24.5 Å². The van der Waals surface area contributed by atoms with Gasteiger partial charge in [-0.1, -0.05) is 6.07 Å². The third kappa shape index (κ3) is 3.98. The monoisotopic (exact) mass is 237 g/mol. The van der Waals surface area contributed by atoms with Gasteiger partial charge in [0.2, 0.25) is 0 Å². The Labute approximate surface area is 104 Å². The van der Waals surface area contributed by atoms with E-state index in [1.165, 1.54) is 0 Å². The second-order valence-corrected chi connectivity index (χ2v) is 4.58. The molecule has 1 rings (SSSR count). The molecule has 1 aromatic rings. The van der Waals surface area contributed by atoms with E-state index in [0.29, 0.717) is 6.04 Å². The normalized spacial score (nSPS) is 12.8. The number of nitrogens with zero attached hydrogens (tertiary/aromatic N) is 3. The minimum Gasteiger partial charge on any atom is -0.392 e. The molecule has 1 unspecified atom stereocenters. The highest BCUT2D eigenvalue weighted by Crippen LogP contribution is 2.14.